The number of halogens is 3. The van der Waals surface area contributed by atoms with Crippen molar-refractivity contribution in [1.29, 1.82) is 0 Å². The maximum atomic E-state index is 12.7. The minimum Gasteiger partial charge on any atom is -0.369 e. The molecule has 1 saturated heterocycles. The van der Waals surface area contributed by atoms with Gasteiger partial charge < -0.3 is 10.2 Å². The Hall–Kier alpha value is -1.27. The molecule has 0 aromatic heterocycles. The lowest BCUT2D eigenvalue weighted by Gasteiger charge is -2.36. The number of benzene rings is 1. The molecule has 0 saturated carbocycles. The van der Waals surface area contributed by atoms with Crippen LogP contribution in [0.2, 0.25) is 0 Å². The summed E-state index contributed by atoms with van der Waals surface area (Å²) in [5.41, 5.74) is 0.0840. The quantitative estimate of drug-likeness (QED) is 0.914. The van der Waals surface area contributed by atoms with E-state index in [1.165, 1.54) is 12.1 Å². The first-order chi connectivity index (χ1) is 9.50. The van der Waals surface area contributed by atoms with Gasteiger partial charge >= 0.3 is 6.18 Å². The molecule has 0 radical (unpaired) electrons. The number of rotatable bonds is 4. The zero-order chi connectivity index (χ0) is 14.6. The van der Waals surface area contributed by atoms with E-state index in [2.05, 4.69) is 10.2 Å². The Balaban J connectivity index is 1.97. The van der Waals surface area contributed by atoms with E-state index in [0.29, 0.717) is 5.69 Å². The number of anilines is 1. The Labute approximate surface area is 117 Å². The molecule has 1 aliphatic rings. The van der Waals surface area contributed by atoms with Crippen LogP contribution < -0.4 is 10.2 Å². The van der Waals surface area contributed by atoms with Crippen LogP contribution in [0.1, 0.15) is 5.56 Å². The van der Waals surface area contributed by atoms with Crippen molar-refractivity contribution < 1.29 is 13.2 Å². The van der Waals surface area contributed by atoms with E-state index in [4.69, 9.17) is 0 Å². The minimum atomic E-state index is -4.27. The van der Waals surface area contributed by atoms with Crippen LogP contribution in [0.15, 0.2) is 24.3 Å². The first-order valence-corrected chi connectivity index (χ1v) is 6.80. The Kier molecular flexibility index (Phi) is 4.88. The molecule has 1 aromatic carbocycles. The SMILES string of the molecule is CNCCN1CCN(c2cccc(C(F)(F)F)c2)CC1. The third-order valence-corrected chi connectivity index (χ3v) is 3.59. The van der Waals surface area contributed by atoms with Crippen LogP contribution in [-0.2, 0) is 6.18 Å². The third kappa shape index (κ3) is 3.86. The predicted molar refractivity (Wildman–Crippen MR) is 74.0 cm³/mol. The zero-order valence-corrected chi connectivity index (χ0v) is 11.6. The fourth-order valence-electron chi connectivity index (χ4n) is 2.38. The molecule has 2 rings (SSSR count). The Bertz CT molecular complexity index is 426. The largest absolute Gasteiger partial charge is 0.416 e. The molecule has 20 heavy (non-hydrogen) atoms. The standard InChI is InChI=1S/C14H20F3N3/c1-18-5-6-19-7-9-20(10-8-19)13-4-2-3-12(11-13)14(15,16)17/h2-4,11,18H,5-10H2,1H3. The molecule has 0 spiro atoms. The summed E-state index contributed by atoms with van der Waals surface area (Å²) in [6.07, 6.45) is -4.27. The van der Waals surface area contributed by atoms with Crippen LogP contribution >= 0.6 is 0 Å². The molecule has 0 bridgehead atoms. The monoisotopic (exact) mass is 287 g/mol. The molecule has 1 N–H and O–H groups in total. The number of hydrogen-bond donors (Lipinski definition) is 1. The highest BCUT2D eigenvalue weighted by molar-refractivity contribution is 5.49. The summed E-state index contributed by atoms with van der Waals surface area (Å²) in [5, 5.41) is 3.10. The van der Waals surface area contributed by atoms with Gasteiger partial charge in [0.05, 0.1) is 5.56 Å². The summed E-state index contributed by atoms with van der Waals surface area (Å²) in [6, 6.07) is 5.58. The van der Waals surface area contributed by atoms with Crippen LogP contribution in [0.25, 0.3) is 0 Å². The van der Waals surface area contributed by atoms with Gasteiger partial charge in [0.1, 0.15) is 0 Å². The van der Waals surface area contributed by atoms with Crippen LogP contribution in [0, 0.1) is 0 Å². The summed E-state index contributed by atoms with van der Waals surface area (Å²) in [7, 11) is 1.92. The Morgan fingerprint density at radius 3 is 2.45 bits per heavy atom. The van der Waals surface area contributed by atoms with Crippen molar-refractivity contribution >= 4 is 5.69 Å². The molecule has 1 aromatic rings. The number of nitrogens with one attached hydrogen (secondary N) is 1. The van der Waals surface area contributed by atoms with Crippen LogP contribution in [-0.4, -0.2) is 51.2 Å². The summed E-state index contributed by atoms with van der Waals surface area (Å²) >= 11 is 0. The van der Waals surface area contributed by atoms with E-state index in [1.54, 1.807) is 6.07 Å². The van der Waals surface area contributed by atoms with Crippen molar-refractivity contribution in [2.24, 2.45) is 0 Å². The van der Waals surface area contributed by atoms with Gasteiger partial charge in [-0.2, -0.15) is 13.2 Å². The summed E-state index contributed by atoms with van der Waals surface area (Å²) < 4.78 is 38.1. The second-order valence-corrected chi connectivity index (χ2v) is 4.98. The molecule has 3 nitrogen and oxygen atoms in total. The van der Waals surface area contributed by atoms with Crippen molar-refractivity contribution in [2.75, 3.05) is 51.2 Å². The van der Waals surface area contributed by atoms with E-state index in [9.17, 15) is 13.2 Å². The lowest BCUT2D eigenvalue weighted by Crippen LogP contribution is -2.48. The van der Waals surface area contributed by atoms with Crippen LogP contribution in [0.3, 0.4) is 0 Å². The molecule has 6 heteroatoms. The molecule has 1 heterocycles. The Morgan fingerprint density at radius 1 is 1.15 bits per heavy atom. The van der Waals surface area contributed by atoms with Gasteiger partial charge in [0.15, 0.2) is 0 Å². The fourth-order valence-corrected chi connectivity index (χ4v) is 2.38. The summed E-state index contributed by atoms with van der Waals surface area (Å²) in [4.78, 5) is 4.34. The second-order valence-electron chi connectivity index (χ2n) is 4.98. The molecule has 0 unspecified atom stereocenters. The average molecular weight is 287 g/mol. The number of alkyl halides is 3. The third-order valence-electron chi connectivity index (χ3n) is 3.59. The molecule has 1 aliphatic heterocycles. The molecule has 1 fully saturated rings. The lowest BCUT2D eigenvalue weighted by atomic mass is 10.1. The molecule has 0 atom stereocenters. The number of piperazine rings is 1. The first-order valence-electron chi connectivity index (χ1n) is 6.80. The second kappa shape index (κ2) is 6.45. The van der Waals surface area contributed by atoms with Crippen molar-refractivity contribution in [3.05, 3.63) is 29.8 Å². The van der Waals surface area contributed by atoms with Gasteiger partial charge in [-0.25, -0.2) is 0 Å². The number of hydrogen-bond acceptors (Lipinski definition) is 3. The zero-order valence-electron chi connectivity index (χ0n) is 11.6. The smallest absolute Gasteiger partial charge is 0.369 e. The predicted octanol–water partition coefficient (Wildman–Crippen LogP) is 2.05. The highest BCUT2D eigenvalue weighted by atomic mass is 19.4. The highest BCUT2D eigenvalue weighted by Crippen LogP contribution is 2.31. The molecular formula is C14H20F3N3. The molecule has 0 aliphatic carbocycles. The minimum absolute atomic E-state index is 0.576. The van der Waals surface area contributed by atoms with Gasteiger partial charge in [-0.15, -0.1) is 0 Å². The van der Waals surface area contributed by atoms with Crippen molar-refractivity contribution in [2.45, 2.75) is 6.18 Å². The van der Waals surface area contributed by atoms with Crippen molar-refractivity contribution in [3.63, 3.8) is 0 Å². The maximum Gasteiger partial charge on any atom is 0.416 e. The summed E-state index contributed by atoms with van der Waals surface area (Å²) in [5.74, 6) is 0. The molecule has 0 amide bonds. The van der Waals surface area contributed by atoms with Gasteiger partial charge in [-0.3, -0.25) is 4.90 Å². The molecular weight excluding hydrogens is 267 g/mol. The van der Waals surface area contributed by atoms with Gasteiger partial charge in [-0.1, -0.05) is 6.07 Å². The lowest BCUT2D eigenvalue weighted by molar-refractivity contribution is -0.137. The van der Waals surface area contributed by atoms with E-state index < -0.39 is 11.7 Å². The van der Waals surface area contributed by atoms with E-state index in [-0.39, 0.29) is 0 Å². The van der Waals surface area contributed by atoms with E-state index in [0.717, 1.165) is 45.3 Å². The topological polar surface area (TPSA) is 18.5 Å². The van der Waals surface area contributed by atoms with E-state index >= 15 is 0 Å². The first kappa shape index (κ1) is 15.1. The van der Waals surface area contributed by atoms with Gasteiger partial charge in [0, 0.05) is 45.0 Å². The normalized spacial score (nSPS) is 17.5. The van der Waals surface area contributed by atoms with Crippen LogP contribution in [0.5, 0.6) is 0 Å². The van der Waals surface area contributed by atoms with E-state index in [1.807, 2.05) is 11.9 Å². The maximum absolute atomic E-state index is 12.7. The summed E-state index contributed by atoms with van der Waals surface area (Å²) in [6.45, 7) is 5.22. The average Bonchev–Trinajstić information content (AvgIpc) is 2.45. The highest BCUT2D eigenvalue weighted by Gasteiger charge is 2.31. The van der Waals surface area contributed by atoms with Crippen molar-refractivity contribution in [1.82, 2.24) is 10.2 Å². The van der Waals surface area contributed by atoms with Gasteiger partial charge in [0.25, 0.3) is 0 Å². The van der Waals surface area contributed by atoms with Crippen LogP contribution in [0.4, 0.5) is 18.9 Å². The number of likely N-dealkylation sites (N-methyl/N-ethyl adjacent to an activating group) is 1. The molecule has 112 valence electrons. The number of nitrogens with zero attached hydrogens (tertiary/aromatic N) is 2. The van der Waals surface area contributed by atoms with Crippen molar-refractivity contribution in [3.8, 4) is 0 Å². The van der Waals surface area contributed by atoms with Gasteiger partial charge in [0.2, 0.25) is 0 Å². The fraction of sp³-hybridized carbons (Fsp3) is 0.571. The Morgan fingerprint density at radius 2 is 1.85 bits per heavy atom. The van der Waals surface area contributed by atoms with Gasteiger partial charge in [-0.05, 0) is 25.2 Å².